The van der Waals surface area contributed by atoms with E-state index in [1.54, 1.807) is 28.0 Å². The summed E-state index contributed by atoms with van der Waals surface area (Å²) in [6, 6.07) is 10.5. The third kappa shape index (κ3) is 5.25. The number of carbonyl (C=O) groups is 2. The number of aromatic nitrogens is 2. The van der Waals surface area contributed by atoms with E-state index in [0.717, 1.165) is 28.9 Å². The van der Waals surface area contributed by atoms with Crippen LogP contribution in [0.5, 0.6) is 0 Å². The van der Waals surface area contributed by atoms with Gasteiger partial charge in [-0.1, -0.05) is 51.5 Å². The summed E-state index contributed by atoms with van der Waals surface area (Å²) < 4.78 is 1.91. The summed E-state index contributed by atoms with van der Waals surface area (Å²) in [5.41, 5.74) is 4.87. The Morgan fingerprint density at radius 1 is 1.25 bits per heavy atom. The van der Waals surface area contributed by atoms with Crippen molar-refractivity contribution >= 4 is 40.7 Å². The van der Waals surface area contributed by atoms with Crippen LogP contribution in [0.2, 0.25) is 0 Å². The van der Waals surface area contributed by atoms with E-state index in [1.165, 1.54) is 10.4 Å². The van der Waals surface area contributed by atoms with Crippen LogP contribution in [0.1, 0.15) is 73.6 Å². The molecule has 1 aliphatic rings. The molecule has 6 nitrogen and oxygen atoms in total. The van der Waals surface area contributed by atoms with Crippen LogP contribution in [0.15, 0.2) is 35.7 Å². The lowest BCUT2D eigenvalue weighted by Gasteiger charge is -2.25. The van der Waals surface area contributed by atoms with Gasteiger partial charge in [-0.15, -0.1) is 23.1 Å². The first-order valence-electron chi connectivity index (χ1n) is 12.5. The predicted octanol–water partition coefficient (Wildman–Crippen LogP) is 5.93. The van der Waals surface area contributed by atoms with Crippen molar-refractivity contribution < 1.29 is 9.59 Å². The zero-order valence-corrected chi connectivity index (χ0v) is 23.8. The molecule has 0 spiro atoms. The molecule has 36 heavy (non-hydrogen) atoms. The molecule has 1 aromatic carbocycles. The van der Waals surface area contributed by atoms with Gasteiger partial charge in [0.25, 0.3) is 0 Å². The summed E-state index contributed by atoms with van der Waals surface area (Å²) in [6.07, 6.45) is 0.829. The van der Waals surface area contributed by atoms with Crippen molar-refractivity contribution in [1.29, 1.82) is 0 Å². The van der Waals surface area contributed by atoms with E-state index >= 15 is 0 Å². The lowest BCUT2D eigenvalue weighted by Crippen LogP contribution is -2.44. The number of nitrogens with one attached hydrogen (secondary N) is 1. The van der Waals surface area contributed by atoms with Crippen LogP contribution in [-0.4, -0.2) is 39.9 Å². The Hall–Kier alpha value is -2.58. The average molecular weight is 525 g/mol. The second-order valence-electron chi connectivity index (χ2n) is 10.6. The van der Waals surface area contributed by atoms with Crippen LogP contribution in [0.3, 0.4) is 0 Å². The zero-order valence-electron chi connectivity index (χ0n) is 22.2. The third-order valence-electron chi connectivity index (χ3n) is 6.50. The highest BCUT2D eigenvalue weighted by molar-refractivity contribution is 8.00. The molecule has 8 heteroatoms. The number of hydrogen-bond acceptors (Lipinski definition) is 5. The van der Waals surface area contributed by atoms with Gasteiger partial charge in [0.15, 0.2) is 0 Å². The Morgan fingerprint density at radius 2 is 2.00 bits per heavy atom. The topological polar surface area (TPSA) is 67.2 Å². The first-order chi connectivity index (χ1) is 17.0. The van der Waals surface area contributed by atoms with Crippen molar-refractivity contribution in [2.45, 2.75) is 71.6 Å². The number of anilines is 1. The molecule has 1 aliphatic heterocycles. The van der Waals surface area contributed by atoms with Crippen molar-refractivity contribution in [3.8, 4) is 5.69 Å². The molecule has 4 rings (SSSR count). The van der Waals surface area contributed by atoms with Gasteiger partial charge >= 0.3 is 0 Å². The van der Waals surface area contributed by atoms with Gasteiger partial charge in [-0.2, -0.15) is 5.10 Å². The van der Waals surface area contributed by atoms with Crippen LogP contribution >= 0.6 is 23.1 Å². The SMILES string of the molecule is CCC(C)NC(=O)CN1C(=O)CSC(c2cccs2)c2c(C(C)(C)C)nn(-c3ccc(C)cc3C)c21. The number of thioether (sulfide) groups is 1. The molecule has 0 aliphatic carbocycles. The highest BCUT2D eigenvalue weighted by Crippen LogP contribution is 2.49. The summed E-state index contributed by atoms with van der Waals surface area (Å²) >= 11 is 3.31. The number of hydrogen-bond donors (Lipinski definition) is 1. The molecule has 0 saturated heterocycles. The Balaban J connectivity index is 1.99. The van der Waals surface area contributed by atoms with E-state index in [1.807, 2.05) is 18.5 Å². The number of amides is 2. The molecule has 2 amide bonds. The van der Waals surface area contributed by atoms with Crippen LogP contribution in [0, 0.1) is 13.8 Å². The molecule has 192 valence electrons. The molecule has 0 saturated carbocycles. The summed E-state index contributed by atoms with van der Waals surface area (Å²) in [4.78, 5) is 29.6. The van der Waals surface area contributed by atoms with E-state index in [2.05, 4.69) is 75.6 Å². The lowest BCUT2D eigenvalue weighted by molar-refractivity contribution is -0.123. The smallest absolute Gasteiger partial charge is 0.240 e. The molecule has 3 heterocycles. The Labute approximate surface area is 222 Å². The summed E-state index contributed by atoms with van der Waals surface area (Å²) in [5, 5.41) is 10.2. The Morgan fingerprint density at radius 3 is 2.61 bits per heavy atom. The molecule has 1 N–H and O–H groups in total. The van der Waals surface area contributed by atoms with Crippen molar-refractivity contribution in [1.82, 2.24) is 15.1 Å². The molecule has 0 fully saturated rings. The molecule has 2 unspecified atom stereocenters. The number of thiophene rings is 1. The van der Waals surface area contributed by atoms with E-state index in [0.29, 0.717) is 11.6 Å². The molecule has 3 aromatic rings. The number of benzene rings is 1. The fourth-order valence-electron chi connectivity index (χ4n) is 4.52. The molecular weight excluding hydrogens is 488 g/mol. The zero-order chi connectivity index (χ0) is 26.2. The minimum Gasteiger partial charge on any atom is -0.352 e. The summed E-state index contributed by atoms with van der Waals surface area (Å²) in [7, 11) is 0. The number of fused-ring (bicyclic) bond motifs is 1. The number of aryl methyl sites for hydroxylation is 2. The van der Waals surface area contributed by atoms with Crippen molar-refractivity contribution in [2.24, 2.45) is 0 Å². The average Bonchev–Trinajstić information content (AvgIpc) is 3.44. The fraction of sp³-hybridized carbons (Fsp3) is 0.464. The van der Waals surface area contributed by atoms with Crippen LogP contribution in [-0.2, 0) is 15.0 Å². The normalized spacial score (nSPS) is 17.0. The largest absolute Gasteiger partial charge is 0.352 e. The summed E-state index contributed by atoms with van der Waals surface area (Å²) in [6.45, 7) is 14.6. The van der Waals surface area contributed by atoms with Gasteiger partial charge in [-0.25, -0.2) is 4.68 Å². The Kier molecular flexibility index (Phi) is 7.67. The minimum atomic E-state index is -0.262. The molecule has 2 atom stereocenters. The van der Waals surface area contributed by atoms with Crippen molar-refractivity contribution in [3.05, 3.63) is 63.0 Å². The van der Waals surface area contributed by atoms with Crippen molar-refractivity contribution in [2.75, 3.05) is 17.2 Å². The number of nitrogens with zero attached hydrogens (tertiary/aromatic N) is 3. The molecule has 0 radical (unpaired) electrons. The monoisotopic (exact) mass is 524 g/mol. The minimum absolute atomic E-state index is 0.0337. The van der Waals surface area contributed by atoms with Gasteiger partial charge in [0.2, 0.25) is 11.8 Å². The van der Waals surface area contributed by atoms with E-state index in [4.69, 9.17) is 5.10 Å². The molecule has 0 bridgehead atoms. The maximum Gasteiger partial charge on any atom is 0.240 e. The first kappa shape index (κ1) is 26.5. The van der Waals surface area contributed by atoms with Gasteiger partial charge in [-0.3, -0.25) is 14.5 Å². The molecule has 2 aromatic heterocycles. The summed E-state index contributed by atoms with van der Waals surface area (Å²) in [5.74, 6) is 0.768. The Bertz CT molecular complexity index is 1260. The second kappa shape index (κ2) is 10.4. The highest BCUT2D eigenvalue weighted by Gasteiger charge is 2.40. The van der Waals surface area contributed by atoms with E-state index in [9.17, 15) is 9.59 Å². The second-order valence-corrected chi connectivity index (χ2v) is 12.7. The van der Waals surface area contributed by atoms with E-state index < -0.39 is 0 Å². The predicted molar refractivity (Wildman–Crippen MR) is 151 cm³/mol. The fourth-order valence-corrected chi connectivity index (χ4v) is 6.69. The first-order valence-corrected chi connectivity index (χ1v) is 14.4. The van der Waals surface area contributed by atoms with Gasteiger partial charge in [-0.05, 0) is 50.3 Å². The maximum atomic E-state index is 13.7. The standard InChI is InChI=1S/C28H36N4O2S2/c1-8-19(4)29-22(33)15-31-23(34)16-36-25(21-10-9-13-35-21)24-26(28(5,6)7)30-32(27(24)31)20-12-11-17(2)14-18(20)3/h9-14,19,25H,8,15-16H2,1-7H3,(H,29,33). The van der Waals surface area contributed by atoms with Gasteiger partial charge in [0.1, 0.15) is 12.4 Å². The van der Waals surface area contributed by atoms with Gasteiger partial charge in [0.05, 0.1) is 22.4 Å². The molecular formula is C28H36N4O2S2. The van der Waals surface area contributed by atoms with Crippen LogP contribution < -0.4 is 10.2 Å². The van der Waals surface area contributed by atoms with Gasteiger partial charge < -0.3 is 5.32 Å². The van der Waals surface area contributed by atoms with Crippen LogP contribution in [0.4, 0.5) is 5.82 Å². The number of carbonyl (C=O) groups excluding carboxylic acids is 2. The highest BCUT2D eigenvalue weighted by atomic mass is 32.2. The quantitative estimate of drug-likeness (QED) is 0.434. The van der Waals surface area contributed by atoms with Crippen LogP contribution in [0.25, 0.3) is 5.69 Å². The van der Waals surface area contributed by atoms with E-state index in [-0.39, 0.29) is 35.1 Å². The maximum absolute atomic E-state index is 13.7. The van der Waals surface area contributed by atoms with Crippen molar-refractivity contribution in [3.63, 3.8) is 0 Å². The lowest BCUT2D eigenvalue weighted by atomic mass is 9.88. The van der Waals surface area contributed by atoms with Gasteiger partial charge in [0, 0.05) is 21.9 Å². The number of rotatable bonds is 6. The third-order valence-corrected chi connectivity index (χ3v) is 8.83.